The number of rotatable bonds is 3. The van der Waals surface area contributed by atoms with Gasteiger partial charge in [0.15, 0.2) is 0 Å². The third-order valence-electron chi connectivity index (χ3n) is 4.05. The van der Waals surface area contributed by atoms with Gasteiger partial charge in [-0.05, 0) is 63.9 Å². The largest absolute Gasteiger partial charge is 0.443 e. The summed E-state index contributed by atoms with van der Waals surface area (Å²) >= 11 is 0. The summed E-state index contributed by atoms with van der Waals surface area (Å²) in [5.74, 6) is 0.558. The molecule has 0 spiro atoms. The summed E-state index contributed by atoms with van der Waals surface area (Å²) in [6.45, 7) is 6.61. The highest BCUT2D eigenvalue weighted by molar-refractivity contribution is 5.95. The number of amides is 1. The standard InChI is InChI=1S/C20H25N3O2/c1-20(2,3)25-19(24)23(16-8-5-4-6-9-16)18-12-11-15(14-22-18)17-10-7-13-21-17/h4-6,8-9,11-12,14,17,21H,7,10,13H2,1-3H3/t17-/m1/s1. The second-order valence-electron chi connectivity index (χ2n) is 7.25. The molecule has 1 aliphatic rings. The van der Waals surface area contributed by atoms with Crippen molar-refractivity contribution in [3.63, 3.8) is 0 Å². The van der Waals surface area contributed by atoms with Gasteiger partial charge in [-0.15, -0.1) is 0 Å². The average Bonchev–Trinajstić information content (AvgIpc) is 3.09. The Hall–Kier alpha value is -2.40. The van der Waals surface area contributed by atoms with E-state index in [0.29, 0.717) is 11.9 Å². The molecular weight excluding hydrogens is 314 g/mol. The number of hydrogen-bond donors (Lipinski definition) is 1. The number of hydrogen-bond acceptors (Lipinski definition) is 4. The number of carbonyl (C=O) groups is 1. The first-order valence-electron chi connectivity index (χ1n) is 8.71. The third kappa shape index (κ3) is 4.37. The van der Waals surface area contributed by atoms with Crippen LogP contribution in [0.15, 0.2) is 48.7 Å². The normalized spacial score (nSPS) is 17.3. The quantitative estimate of drug-likeness (QED) is 0.889. The van der Waals surface area contributed by atoms with Crippen LogP contribution in [0.25, 0.3) is 0 Å². The summed E-state index contributed by atoms with van der Waals surface area (Å²) < 4.78 is 5.57. The molecule has 1 aliphatic heterocycles. The molecule has 1 aromatic carbocycles. The van der Waals surface area contributed by atoms with E-state index in [1.54, 1.807) is 0 Å². The molecule has 25 heavy (non-hydrogen) atoms. The van der Waals surface area contributed by atoms with E-state index in [1.807, 2.05) is 69.4 Å². The molecule has 0 saturated carbocycles. The smallest absolute Gasteiger partial charge is 0.420 e. The number of benzene rings is 1. The second kappa shape index (κ2) is 7.23. The summed E-state index contributed by atoms with van der Waals surface area (Å²) in [5, 5.41) is 3.46. The van der Waals surface area contributed by atoms with Crippen molar-refractivity contribution >= 4 is 17.6 Å². The molecule has 1 fully saturated rings. The van der Waals surface area contributed by atoms with Gasteiger partial charge in [-0.2, -0.15) is 0 Å². The van der Waals surface area contributed by atoms with Crippen LogP contribution in [0.1, 0.15) is 45.2 Å². The van der Waals surface area contributed by atoms with Crippen molar-refractivity contribution < 1.29 is 9.53 Å². The Morgan fingerprint density at radius 2 is 1.96 bits per heavy atom. The van der Waals surface area contributed by atoms with Gasteiger partial charge in [-0.25, -0.2) is 14.7 Å². The van der Waals surface area contributed by atoms with Crippen molar-refractivity contribution in [3.8, 4) is 0 Å². The van der Waals surface area contributed by atoms with E-state index in [1.165, 1.54) is 11.3 Å². The first kappa shape index (κ1) is 17.4. The van der Waals surface area contributed by atoms with E-state index in [0.717, 1.165) is 24.2 Å². The first-order valence-corrected chi connectivity index (χ1v) is 8.71. The molecule has 0 bridgehead atoms. The Morgan fingerprint density at radius 3 is 2.52 bits per heavy atom. The van der Waals surface area contributed by atoms with Crippen LogP contribution in [-0.4, -0.2) is 23.2 Å². The molecule has 1 atom stereocenters. The van der Waals surface area contributed by atoms with E-state index < -0.39 is 11.7 Å². The van der Waals surface area contributed by atoms with Gasteiger partial charge in [0.2, 0.25) is 0 Å². The fourth-order valence-electron chi connectivity index (χ4n) is 2.92. The monoisotopic (exact) mass is 339 g/mol. The van der Waals surface area contributed by atoms with Gasteiger partial charge < -0.3 is 10.1 Å². The SMILES string of the molecule is CC(C)(C)OC(=O)N(c1ccccc1)c1ccc([C@H]2CCCN2)cn1. The summed E-state index contributed by atoms with van der Waals surface area (Å²) in [4.78, 5) is 18.8. The van der Waals surface area contributed by atoms with Gasteiger partial charge in [-0.1, -0.05) is 24.3 Å². The Balaban J connectivity index is 1.89. The number of nitrogens with one attached hydrogen (secondary N) is 1. The van der Waals surface area contributed by atoms with Gasteiger partial charge >= 0.3 is 6.09 Å². The molecule has 1 saturated heterocycles. The van der Waals surface area contributed by atoms with E-state index in [2.05, 4.69) is 10.3 Å². The topological polar surface area (TPSA) is 54.5 Å². The molecule has 2 heterocycles. The molecule has 5 heteroatoms. The zero-order valence-electron chi connectivity index (χ0n) is 15.0. The van der Waals surface area contributed by atoms with Gasteiger partial charge in [0, 0.05) is 12.2 Å². The van der Waals surface area contributed by atoms with E-state index in [9.17, 15) is 4.79 Å². The highest BCUT2D eigenvalue weighted by Gasteiger charge is 2.26. The maximum Gasteiger partial charge on any atom is 0.420 e. The molecule has 3 rings (SSSR count). The van der Waals surface area contributed by atoms with Gasteiger partial charge in [-0.3, -0.25) is 0 Å². The zero-order chi connectivity index (χ0) is 17.9. The zero-order valence-corrected chi connectivity index (χ0v) is 15.0. The van der Waals surface area contributed by atoms with Crippen LogP contribution >= 0.6 is 0 Å². The van der Waals surface area contributed by atoms with Crippen molar-refractivity contribution in [1.29, 1.82) is 0 Å². The van der Waals surface area contributed by atoms with Crippen LogP contribution in [-0.2, 0) is 4.74 Å². The molecule has 2 aromatic rings. The highest BCUT2D eigenvalue weighted by atomic mass is 16.6. The molecule has 132 valence electrons. The Kier molecular flexibility index (Phi) is 5.04. The maximum atomic E-state index is 12.8. The molecular formula is C20H25N3O2. The molecule has 1 aromatic heterocycles. The van der Waals surface area contributed by atoms with Crippen LogP contribution in [0.2, 0.25) is 0 Å². The highest BCUT2D eigenvalue weighted by Crippen LogP contribution is 2.28. The third-order valence-corrected chi connectivity index (χ3v) is 4.05. The average molecular weight is 339 g/mol. The number of pyridine rings is 1. The lowest BCUT2D eigenvalue weighted by molar-refractivity contribution is 0.0598. The Labute approximate surface area is 149 Å². The van der Waals surface area contributed by atoms with Gasteiger partial charge in [0.25, 0.3) is 0 Å². The summed E-state index contributed by atoms with van der Waals surface area (Å²) in [5.41, 5.74) is 1.31. The minimum absolute atomic E-state index is 0.355. The molecule has 1 N–H and O–H groups in total. The number of ether oxygens (including phenoxy) is 1. The summed E-state index contributed by atoms with van der Waals surface area (Å²) in [6.07, 6.45) is 3.71. The molecule has 0 radical (unpaired) electrons. The summed E-state index contributed by atoms with van der Waals surface area (Å²) in [7, 11) is 0. The predicted molar refractivity (Wildman–Crippen MR) is 99.0 cm³/mol. The number of anilines is 2. The second-order valence-corrected chi connectivity index (χ2v) is 7.25. The van der Waals surface area contributed by atoms with Crippen LogP contribution in [0, 0.1) is 0 Å². The lowest BCUT2D eigenvalue weighted by atomic mass is 10.1. The van der Waals surface area contributed by atoms with Crippen molar-refractivity contribution in [1.82, 2.24) is 10.3 Å². The Bertz CT molecular complexity index is 702. The van der Waals surface area contributed by atoms with Crippen LogP contribution in [0.5, 0.6) is 0 Å². The number of aromatic nitrogens is 1. The van der Waals surface area contributed by atoms with Gasteiger partial charge in [0.1, 0.15) is 11.4 Å². The van der Waals surface area contributed by atoms with Crippen molar-refractivity contribution in [2.45, 2.75) is 45.3 Å². The molecule has 0 unspecified atom stereocenters. The first-order chi connectivity index (χ1) is 11.9. The van der Waals surface area contributed by atoms with E-state index in [-0.39, 0.29) is 0 Å². The fourth-order valence-corrected chi connectivity index (χ4v) is 2.92. The van der Waals surface area contributed by atoms with Crippen LogP contribution in [0.3, 0.4) is 0 Å². The number of nitrogens with zero attached hydrogens (tertiary/aromatic N) is 2. The lowest BCUT2D eigenvalue weighted by Gasteiger charge is -2.27. The predicted octanol–water partition coefficient (Wildman–Crippen LogP) is 4.58. The van der Waals surface area contributed by atoms with Crippen molar-refractivity contribution in [2.75, 3.05) is 11.4 Å². The molecule has 0 aliphatic carbocycles. The minimum Gasteiger partial charge on any atom is -0.443 e. The van der Waals surface area contributed by atoms with Crippen molar-refractivity contribution in [3.05, 3.63) is 54.2 Å². The van der Waals surface area contributed by atoms with Gasteiger partial charge in [0.05, 0.1) is 5.69 Å². The van der Waals surface area contributed by atoms with E-state index >= 15 is 0 Å². The Morgan fingerprint density at radius 1 is 1.20 bits per heavy atom. The number of para-hydroxylation sites is 1. The molecule has 5 nitrogen and oxygen atoms in total. The maximum absolute atomic E-state index is 12.8. The lowest BCUT2D eigenvalue weighted by Crippen LogP contribution is -2.34. The summed E-state index contributed by atoms with van der Waals surface area (Å²) in [6, 6.07) is 13.7. The number of carbonyl (C=O) groups excluding carboxylic acids is 1. The minimum atomic E-state index is -0.572. The fraction of sp³-hybridized carbons (Fsp3) is 0.400. The van der Waals surface area contributed by atoms with Crippen molar-refractivity contribution in [2.24, 2.45) is 0 Å². The van der Waals surface area contributed by atoms with Crippen LogP contribution < -0.4 is 10.2 Å². The molecule has 1 amide bonds. The van der Waals surface area contributed by atoms with E-state index in [4.69, 9.17) is 4.74 Å². The van der Waals surface area contributed by atoms with Crippen LogP contribution in [0.4, 0.5) is 16.3 Å².